The summed E-state index contributed by atoms with van der Waals surface area (Å²) in [6.07, 6.45) is 3.05. The second kappa shape index (κ2) is 4.87. The average molecular weight is 241 g/mol. The van der Waals surface area contributed by atoms with Crippen LogP contribution in [0.4, 0.5) is 11.4 Å². The standard InChI is InChI=1S/C14H15N3O/c1-10-4-3-5-11(8-10)17(2)14(18)12-6-7-16-9-13(12)15/h3-9H,15H2,1-2H3. The molecule has 0 bridgehead atoms. The molecule has 1 aromatic heterocycles. The van der Waals surface area contributed by atoms with E-state index in [2.05, 4.69) is 4.98 Å². The van der Waals surface area contributed by atoms with Crippen molar-refractivity contribution in [1.82, 2.24) is 4.98 Å². The summed E-state index contributed by atoms with van der Waals surface area (Å²) < 4.78 is 0. The Morgan fingerprint density at radius 2 is 2.11 bits per heavy atom. The van der Waals surface area contributed by atoms with Crippen LogP contribution in [0.25, 0.3) is 0 Å². The summed E-state index contributed by atoms with van der Waals surface area (Å²) in [4.78, 5) is 17.8. The zero-order valence-electron chi connectivity index (χ0n) is 10.4. The number of pyridine rings is 1. The Morgan fingerprint density at radius 3 is 2.78 bits per heavy atom. The number of carbonyl (C=O) groups excluding carboxylic acids is 1. The minimum absolute atomic E-state index is 0.138. The van der Waals surface area contributed by atoms with Crippen LogP contribution in [0.1, 0.15) is 15.9 Å². The van der Waals surface area contributed by atoms with E-state index in [9.17, 15) is 4.79 Å². The van der Waals surface area contributed by atoms with Crippen LogP contribution in [0.15, 0.2) is 42.7 Å². The van der Waals surface area contributed by atoms with E-state index in [0.717, 1.165) is 11.3 Å². The molecule has 0 saturated heterocycles. The highest BCUT2D eigenvalue weighted by molar-refractivity contribution is 6.08. The van der Waals surface area contributed by atoms with Gasteiger partial charge in [-0.1, -0.05) is 12.1 Å². The molecule has 0 atom stereocenters. The van der Waals surface area contributed by atoms with Crippen molar-refractivity contribution >= 4 is 17.3 Å². The molecule has 0 fully saturated rings. The van der Waals surface area contributed by atoms with Crippen molar-refractivity contribution in [3.63, 3.8) is 0 Å². The molecule has 2 N–H and O–H groups in total. The number of rotatable bonds is 2. The van der Waals surface area contributed by atoms with Crippen molar-refractivity contribution in [2.24, 2.45) is 0 Å². The van der Waals surface area contributed by atoms with Crippen LogP contribution in [0.3, 0.4) is 0 Å². The SMILES string of the molecule is Cc1cccc(N(C)C(=O)c2ccncc2N)c1. The highest BCUT2D eigenvalue weighted by Gasteiger charge is 2.15. The van der Waals surface area contributed by atoms with Crippen LogP contribution < -0.4 is 10.6 Å². The van der Waals surface area contributed by atoms with E-state index in [-0.39, 0.29) is 5.91 Å². The summed E-state index contributed by atoms with van der Waals surface area (Å²) in [5.41, 5.74) is 8.56. The minimum Gasteiger partial charge on any atom is -0.397 e. The van der Waals surface area contributed by atoms with E-state index in [4.69, 9.17) is 5.73 Å². The molecule has 0 aliphatic rings. The lowest BCUT2D eigenvalue weighted by atomic mass is 10.1. The number of hydrogen-bond acceptors (Lipinski definition) is 3. The van der Waals surface area contributed by atoms with Gasteiger partial charge in [-0.25, -0.2) is 0 Å². The summed E-state index contributed by atoms with van der Waals surface area (Å²) in [5, 5.41) is 0. The number of nitrogens with zero attached hydrogens (tertiary/aromatic N) is 2. The fraction of sp³-hybridized carbons (Fsp3) is 0.143. The normalized spacial score (nSPS) is 10.1. The first-order chi connectivity index (χ1) is 8.59. The lowest BCUT2D eigenvalue weighted by Crippen LogP contribution is -2.27. The molecule has 0 aliphatic heterocycles. The maximum absolute atomic E-state index is 12.3. The van der Waals surface area contributed by atoms with Gasteiger partial charge in [0.25, 0.3) is 5.91 Å². The Bertz CT molecular complexity index is 581. The molecule has 18 heavy (non-hydrogen) atoms. The maximum Gasteiger partial charge on any atom is 0.260 e. The third-order valence-electron chi connectivity index (χ3n) is 2.78. The topological polar surface area (TPSA) is 59.2 Å². The Morgan fingerprint density at radius 1 is 1.33 bits per heavy atom. The van der Waals surface area contributed by atoms with Crippen LogP contribution in [0.5, 0.6) is 0 Å². The molecular formula is C14H15N3O. The molecule has 0 unspecified atom stereocenters. The summed E-state index contributed by atoms with van der Waals surface area (Å²) in [5.74, 6) is -0.138. The third kappa shape index (κ3) is 2.32. The molecule has 1 heterocycles. The zero-order valence-corrected chi connectivity index (χ0v) is 10.4. The predicted octanol–water partition coefficient (Wildman–Crippen LogP) is 2.25. The average Bonchev–Trinajstić information content (AvgIpc) is 2.37. The number of anilines is 2. The quantitative estimate of drug-likeness (QED) is 0.877. The first-order valence-corrected chi connectivity index (χ1v) is 5.64. The van der Waals surface area contributed by atoms with Crippen LogP contribution in [-0.2, 0) is 0 Å². The highest BCUT2D eigenvalue weighted by atomic mass is 16.2. The van der Waals surface area contributed by atoms with E-state index >= 15 is 0 Å². The van der Waals surface area contributed by atoms with Gasteiger partial charge in [-0.2, -0.15) is 0 Å². The van der Waals surface area contributed by atoms with Crippen molar-refractivity contribution in [1.29, 1.82) is 0 Å². The first-order valence-electron chi connectivity index (χ1n) is 5.64. The molecule has 0 saturated carbocycles. The number of carbonyl (C=O) groups is 1. The van der Waals surface area contributed by atoms with E-state index in [1.165, 1.54) is 6.20 Å². The van der Waals surface area contributed by atoms with Crippen molar-refractivity contribution in [2.45, 2.75) is 6.92 Å². The Kier molecular flexibility index (Phi) is 3.28. The van der Waals surface area contributed by atoms with E-state index in [0.29, 0.717) is 11.3 Å². The zero-order chi connectivity index (χ0) is 13.1. The summed E-state index contributed by atoms with van der Waals surface area (Å²) >= 11 is 0. The monoisotopic (exact) mass is 241 g/mol. The van der Waals surface area contributed by atoms with Crippen molar-refractivity contribution in [2.75, 3.05) is 17.7 Å². The lowest BCUT2D eigenvalue weighted by Gasteiger charge is -2.18. The van der Waals surface area contributed by atoms with E-state index in [1.807, 2.05) is 31.2 Å². The lowest BCUT2D eigenvalue weighted by molar-refractivity contribution is 0.0994. The number of amides is 1. The van der Waals surface area contributed by atoms with Crippen molar-refractivity contribution in [3.8, 4) is 0 Å². The fourth-order valence-corrected chi connectivity index (χ4v) is 1.74. The van der Waals surface area contributed by atoms with Crippen molar-refractivity contribution < 1.29 is 4.79 Å². The third-order valence-corrected chi connectivity index (χ3v) is 2.78. The Balaban J connectivity index is 2.32. The molecule has 0 spiro atoms. The Labute approximate surface area is 106 Å². The first kappa shape index (κ1) is 12.1. The fourth-order valence-electron chi connectivity index (χ4n) is 1.74. The number of nitrogens with two attached hydrogens (primary N) is 1. The predicted molar refractivity (Wildman–Crippen MR) is 72.6 cm³/mol. The second-order valence-corrected chi connectivity index (χ2v) is 4.17. The van der Waals surface area contributed by atoms with Gasteiger partial charge in [0.05, 0.1) is 17.4 Å². The maximum atomic E-state index is 12.3. The second-order valence-electron chi connectivity index (χ2n) is 4.17. The van der Waals surface area contributed by atoms with Gasteiger partial charge in [0.15, 0.2) is 0 Å². The van der Waals surface area contributed by atoms with Crippen LogP contribution >= 0.6 is 0 Å². The summed E-state index contributed by atoms with van der Waals surface area (Å²) in [7, 11) is 1.73. The van der Waals surface area contributed by atoms with Gasteiger partial charge in [-0.3, -0.25) is 9.78 Å². The van der Waals surface area contributed by atoms with Crippen molar-refractivity contribution in [3.05, 3.63) is 53.9 Å². The van der Waals surface area contributed by atoms with E-state index < -0.39 is 0 Å². The molecular weight excluding hydrogens is 226 g/mol. The number of aromatic nitrogens is 1. The number of hydrogen-bond donors (Lipinski definition) is 1. The molecule has 2 rings (SSSR count). The molecule has 1 aromatic carbocycles. The van der Waals surface area contributed by atoms with Gasteiger partial charge in [0.2, 0.25) is 0 Å². The highest BCUT2D eigenvalue weighted by Crippen LogP contribution is 2.19. The Hall–Kier alpha value is -2.36. The van der Waals surface area contributed by atoms with Gasteiger partial charge in [0.1, 0.15) is 0 Å². The van der Waals surface area contributed by atoms with Crippen LogP contribution in [-0.4, -0.2) is 17.9 Å². The molecule has 4 heteroatoms. The van der Waals surface area contributed by atoms with Gasteiger partial charge < -0.3 is 10.6 Å². The number of nitrogen functional groups attached to an aromatic ring is 1. The van der Waals surface area contributed by atoms with Crippen LogP contribution in [0.2, 0.25) is 0 Å². The molecule has 0 aliphatic carbocycles. The van der Waals surface area contributed by atoms with Gasteiger partial charge in [0, 0.05) is 18.9 Å². The smallest absolute Gasteiger partial charge is 0.260 e. The minimum atomic E-state index is -0.138. The largest absolute Gasteiger partial charge is 0.397 e. The molecule has 0 radical (unpaired) electrons. The van der Waals surface area contributed by atoms with Gasteiger partial charge in [-0.15, -0.1) is 0 Å². The van der Waals surface area contributed by atoms with Gasteiger partial charge in [-0.05, 0) is 30.7 Å². The molecule has 1 amide bonds. The molecule has 2 aromatic rings. The summed E-state index contributed by atoms with van der Waals surface area (Å²) in [6.45, 7) is 1.99. The van der Waals surface area contributed by atoms with E-state index in [1.54, 1.807) is 24.2 Å². The van der Waals surface area contributed by atoms with Gasteiger partial charge >= 0.3 is 0 Å². The summed E-state index contributed by atoms with van der Waals surface area (Å²) in [6, 6.07) is 9.38. The van der Waals surface area contributed by atoms with Crippen LogP contribution in [0, 0.1) is 6.92 Å². The number of aryl methyl sites for hydroxylation is 1. The molecule has 92 valence electrons. The number of benzene rings is 1. The molecule has 4 nitrogen and oxygen atoms in total.